The standard InChI is InChI=1S/C8H13N3O2/c9-5-1-2-6(3-5)11-4-7(12)10-8(11)13/h5-6H,1-4,9H2,(H,10,12,13). The highest BCUT2D eigenvalue weighted by Gasteiger charge is 2.36. The van der Waals surface area contributed by atoms with Crippen molar-refractivity contribution in [3.8, 4) is 0 Å². The highest BCUT2D eigenvalue weighted by atomic mass is 16.2. The van der Waals surface area contributed by atoms with Crippen LogP contribution in [0, 0.1) is 0 Å². The highest BCUT2D eigenvalue weighted by molar-refractivity contribution is 6.02. The van der Waals surface area contributed by atoms with Gasteiger partial charge in [-0.3, -0.25) is 10.1 Å². The molecule has 1 saturated carbocycles. The van der Waals surface area contributed by atoms with E-state index < -0.39 is 0 Å². The maximum atomic E-state index is 11.2. The summed E-state index contributed by atoms with van der Waals surface area (Å²) in [5.41, 5.74) is 5.73. The maximum absolute atomic E-state index is 11.2. The van der Waals surface area contributed by atoms with Gasteiger partial charge >= 0.3 is 6.03 Å². The molecule has 2 rings (SSSR count). The van der Waals surface area contributed by atoms with Crippen molar-refractivity contribution in [2.75, 3.05) is 6.54 Å². The van der Waals surface area contributed by atoms with Crippen molar-refractivity contribution >= 4 is 11.9 Å². The van der Waals surface area contributed by atoms with Gasteiger partial charge in [-0.25, -0.2) is 4.79 Å². The molecule has 0 radical (unpaired) electrons. The Bertz CT molecular complexity index is 254. The Labute approximate surface area is 76.3 Å². The summed E-state index contributed by atoms with van der Waals surface area (Å²) in [6, 6.07) is 0.0963. The van der Waals surface area contributed by atoms with E-state index in [1.54, 1.807) is 4.90 Å². The van der Waals surface area contributed by atoms with E-state index in [-0.39, 0.29) is 30.6 Å². The number of carbonyl (C=O) groups is 2. The molecule has 3 N–H and O–H groups in total. The van der Waals surface area contributed by atoms with Gasteiger partial charge in [0.2, 0.25) is 5.91 Å². The van der Waals surface area contributed by atoms with Crippen LogP contribution in [0.15, 0.2) is 0 Å². The second-order valence-corrected chi connectivity index (χ2v) is 3.71. The topological polar surface area (TPSA) is 75.4 Å². The third kappa shape index (κ3) is 1.51. The third-order valence-electron chi connectivity index (χ3n) is 2.71. The Hall–Kier alpha value is -1.10. The van der Waals surface area contributed by atoms with Crippen LogP contribution < -0.4 is 11.1 Å². The van der Waals surface area contributed by atoms with E-state index in [0.717, 1.165) is 19.3 Å². The van der Waals surface area contributed by atoms with Crippen molar-refractivity contribution in [1.29, 1.82) is 0 Å². The predicted octanol–water partition coefficient (Wildman–Crippen LogP) is -0.582. The van der Waals surface area contributed by atoms with Gasteiger partial charge in [0, 0.05) is 12.1 Å². The van der Waals surface area contributed by atoms with Gasteiger partial charge in [0.05, 0.1) is 0 Å². The number of nitrogens with zero attached hydrogens (tertiary/aromatic N) is 1. The number of rotatable bonds is 1. The van der Waals surface area contributed by atoms with Crippen LogP contribution in [-0.2, 0) is 4.79 Å². The first-order valence-corrected chi connectivity index (χ1v) is 4.53. The van der Waals surface area contributed by atoms with Crippen LogP contribution in [0.2, 0.25) is 0 Å². The number of nitrogens with one attached hydrogen (secondary N) is 1. The first kappa shape index (κ1) is 8.50. The minimum atomic E-state index is -0.260. The minimum absolute atomic E-state index is 0.168. The molecule has 1 heterocycles. The Balaban J connectivity index is 2.01. The molecule has 5 nitrogen and oxygen atoms in total. The summed E-state index contributed by atoms with van der Waals surface area (Å²) in [5.74, 6) is -0.203. The maximum Gasteiger partial charge on any atom is 0.324 e. The molecule has 0 spiro atoms. The Morgan fingerprint density at radius 3 is 2.62 bits per heavy atom. The fourth-order valence-corrected chi connectivity index (χ4v) is 2.03. The molecule has 2 unspecified atom stereocenters. The summed E-state index contributed by atoms with van der Waals surface area (Å²) in [6.07, 6.45) is 2.69. The lowest BCUT2D eigenvalue weighted by atomic mass is 10.2. The molecule has 2 aliphatic rings. The second kappa shape index (κ2) is 2.99. The highest BCUT2D eigenvalue weighted by Crippen LogP contribution is 2.23. The molecule has 1 saturated heterocycles. The zero-order valence-corrected chi connectivity index (χ0v) is 7.32. The summed E-state index contributed by atoms with van der Waals surface area (Å²) in [4.78, 5) is 23.7. The van der Waals surface area contributed by atoms with E-state index in [9.17, 15) is 9.59 Å². The van der Waals surface area contributed by atoms with E-state index in [4.69, 9.17) is 5.73 Å². The van der Waals surface area contributed by atoms with Gasteiger partial charge in [-0.2, -0.15) is 0 Å². The average molecular weight is 183 g/mol. The summed E-state index contributed by atoms with van der Waals surface area (Å²) in [7, 11) is 0. The van der Waals surface area contributed by atoms with Gasteiger partial charge in [0.25, 0.3) is 0 Å². The molecule has 72 valence electrons. The Morgan fingerprint density at radius 2 is 2.15 bits per heavy atom. The quantitative estimate of drug-likeness (QED) is 0.534. The molecule has 0 aromatic carbocycles. The van der Waals surface area contributed by atoms with Crippen LogP contribution in [0.4, 0.5) is 4.79 Å². The molecule has 13 heavy (non-hydrogen) atoms. The van der Waals surface area contributed by atoms with E-state index in [0.29, 0.717) is 0 Å². The van der Waals surface area contributed by atoms with Crippen LogP contribution in [0.3, 0.4) is 0 Å². The molecule has 0 bridgehead atoms. The minimum Gasteiger partial charge on any atom is -0.328 e. The van der Waals surface area contributed by atoms with Gasteiger partial charge in [0.1, 0.15) is 6.54 Å². The van der Waals surface area contributed by atoms with Crippen LogP contribution in [-0.4, -0.2) is 35.5 Å². The van der Waals surface area contributed by atoms with Gasteiger partial charge in [-0.05, 0) is 19.3 Å². The molecule has 0 aromatic rings. The molecule has 5 heteroatoms. The fourth-order valence-electron chi connectivity index (χ4n) is 2.03. The number of hydrogen-bond acceptors (Lipinski definition) is 3. The lowest BCUT2D eigenvalue weighted by Gasteiger charge is -2.20. The lowest BCUT2D eigenvalue weighted by molar-refractivity contribution is -0.118. The SMILES string of the molecule is NC1CCC(N2CC(=O)NC2=O)C1. The predicted molar refractivity (Wildman–Crippen MR) is 45.9 cm³/mol. The zero-order valence-electron chi connectivity index (χ0n) is 7.32. The molecule has 0 aromatic heterocycles. The average Bonchev–Trinajstić information content (AvgIpc) is 2.58. The van der Waals surface area contributed by atoms with E-state index in [2.05, 4.69) is 5.32 Å². The number of hydrogen-bond donors (Lipinski definition) is 2. The molecular weight excluding hydrogens is 170 g/mol. The summed E-state index contributed by atoms with van der Waals surface area (Å²) in [6.45, 7) is 0.205. The zero-order chi connectivity index (χ0) is 9.42. The second-order valence-electron chi connectivity index (χ2n) is 3.71. The Morgan fingerprint density at radius 1 is 1.38 bits per heavy atom. The van der Waals surface area contributed by atoms with Gasteiger partial charge < -0.3 is 10.6 Å². The number of amides is 3. The van der Waals surface area contributed by atoms with E-state index in [1.165, 1.54) is 0 Å². The largest absolute Gasteiger partial charge is 0.328 e. The van der Waals surface area contributed by atoms with Crippen molar-refractivity contribution in [3.05, 3.63) is 0 Å². The van der Waals surface area contributed by atoms with Crippen LogP contribution in [0.1, 0.15) is 19.3 Å². The first-order valence-electron chi connectivity index (χ1n) is 4.53. The first-order chi connectivity index (χ1) is 6.16. The molecule has 3 amide bonds. The summed E-state index contributed by atoms with van der Waals surface area (Å²) >= 11 is 0. The van der Waals surface area contributed by atoms with Crippen molar-refractivity contribution in [2.45, 2.75) is 31.3 Å². The molecule has 2 atom stereocenters. The van der Waals surface area contributed by atoms with E-state index >= 15 is 0 Å². The molecule has 2 fully saturated rings. The van der Waals surface area contributed by atoms with Crippen LogP contribution in [0.25, 0.3) is 0 Å². The Kier molecular flexibility index (Phi) is 1.95. The number of urea groups is 1. The van der Waals surface area contributed by atoms with Crippen LogP contribution >= 0.6 is 0 Å². The third-order valence-corrected chi connectivity index (χ3v) is 2.71. The number of nitrogens with two attached hydrogens (primary N) is 1. The summed E-state index contributed by atoms with van der Waals surface area (Å²) < 4.78 is 0. The monoisotopic (exact) mass is 183 g/mol. The van der Waals surface area contributed by atoms with Gasteiger partial charge in [-0.15, -0.1) is 0 Å². The molecular formula is C8H13N3O2. The van der Waals surface area contributed by atoms with Crippen molar-refractivity contribution in [1.82, 2.24) is 10.2 Å². The molecule has 1 aliphatic carbocycles. The van der Waals surface area contributed by atoms with Crippen molar-refractivity contribution in [3.63, 3.8) is 0 Å². The normalized spacial score (nSPS) is 34.1. The van der Waals surface area contributed by atoms with E-state index in [1.807, 2.05) is 0 Å². The smallest absolute Gasteiger partial charge is 0.324 e. The van der Waals surface area contributed by atoms with Crippen molar-refractivity contribution in [2.24, 2.45) is 5.73 Å². The molecule has 1 aliphatic heterocycles. The number of carbonyl (C=O) groups excluding carboxylic acids is 2. The summed E-state index contributed by atoms with van der Waals surface area (Å²) in [5, 5.41) is 2.27. The fraction of sp³-hybridized carbons (Fsp3) is 0.750. The van der Waals surface area contributed by atoms with Gasteiger partial charge in [-0.1, -0.05) is 0 Å². The van der Waals surface area contributed by atoms with Crippen LogP contribution in [0.5, 0.6) is 0 Å². The lowest BCUT2D eigenvalue weighted by Crippen LogP contribution is -2.37. The van der Waals surface area contributed by atoms with Gasteiger partial charge in [0.15, 0.2) is 0 Å². The number of imide groups is 1. The van der Waals surface area contributed by atoms with Crippen molar-refractivity contribution < 1.29 is 9.59 Å².